The molecule has 0 aromatic heterocycles. The van der Waals surface area contributed by atoms with Crippen LogP contribution >= 0.6 is 15.9 Å². The summed E-state index contributed by atoms with van der Waals surface area (Å²) in [6.07, 6.45) is 0. The van der Waals surface area contributed by atoms with E-state index in [1.165, 1.54) is 5.56 Å². The van der Waals surface area contributed by atoms with Gasteiger partial charge in [-0.1, -0.05) is 34.1 Å². The van der Waals surface area contributed by atoms with E-state index in [-0.39, 0.29) is 0 Å². The van der Waals surface area contributed by atoms with E-state index in [1.54, 1.807) is 13.2 Å². The Kier molecular flexibility index (Phi) is 5.16. The highest BCUT2D eigenvalue weighted by molar-refractivity contribution is 9.10. The minimum absolute atomic E-state index is 0.559. The molecule has 2 aromatic carbocycles. The first-order chi connectivity index (χ1) is 9.72. The van der Waals surface area contributed by atoms with Crippen molar-refractivity contribution in [1.29, 1.82) is 5.26 Å². The average molecular weight is 331 g/mol. The first kappa shape index (κ1) is 14.6. The van der Waals surface area contributed by atoms with Crippen LogP contribution in [0, 0.1) is 11.3 Å². The molecule has 0 saturated carbocycles. The Morgan fingerprint density at radius 1 is 1.15 bits per heavy atom. The SMILES string of the molecule is COc1cc(CNCc2cccc(Br)c2)ccc1C#N. The molecular formula is C16H15BrN2O. The van der Waals surface area contributed by atoms with E-state index in [2.05, 4.69) is 39.4 Å². The summed E-state index contributed by atoms with van der Waals surface area (Å²) >= 11 is 3.46. The van der Waals surface area contributed by atoms with Crippen LogP contribution in [-0.2, 0) is 13.1 Å². The molecule has 102 valence electrons. The third kappa shape index (κ3) is 3.83. The van der Waals surface area contributed by atoms with Crippen molar-refractivity contribution in [2.75, 3.05) is 7.11 Å². The third-order valence-electron chi connectivity index (χ3n) is 2.93. The van der Waals surface area contributed by atoms with Gasteiger partial charge in [0.05, 0.1) is 12.7 Å². The summed E-state index contributed by atoms with van der Waals surface area (Å²) < 4.78 is 6.28. The fraction of sp³-hybridized carbons (Fsp3) is 0.188. The maximum atomic E-state index is 8.94. The molecule has 2 aromatic rings. The highest BCUT2D eigenvalue weighted by Gasteiger charge is 2.03. The predicted molar refractivity (Wildman–Crippen MR) is 82.4 cm³/mol. The minimum Gasteiger partial charge on any atom is -0.495 e. The van der Waals surface area contributed by atoms with Crippen molar-refractivity contribution < 1.29 is 4.74 Å². The molecule has 0 aliphatic carbocycles. The van der Waals surface area contributed by atoms with Crippen molar-refractivity contribution >= 4 is 15.9 Å². The zero-order valence-electron chi connectivity index (χ0n) is 11.2. The number of hydrogen-bond acceptors (Lipinski definition) is 3. The Hall–Kier alpha value is -1.83. The van der Waals surface area contributed by atoms with Crippen LogP contribution in [0.4, 0.5) is 0 Å². The molecule has 0 fully saturated rings. The summed E-state index contributed by atoms with van der Waals surface area (Å²) in [5, 5.41) is 12.3. The first-order valence-electron chi connectivity index (χ1n) is 6.25. The maximum Gasteiger partial charge on any atom is 0.136 e. The predicted octanol–water partition coefficient (Wildman–Crippen LogP) is 3.62. The molecule has 20 heavy (non-hydrogen) atoms. The Labute approximate surface area is 127 Å². The zero-order valence-corrected chi connectivity index (χ0v) is 12.8. The van der Waals surface area contributed by atoms with E-state index in [4.69, 9.17) is 10.00 Å². The summed E-state index contributed by atoms with van der Waals surface area (Å²) in [5.74, 6) is 0.620. The molecule has 0 radical (unpaired) electrons. The van der Waals surface area contributed by atoms with E-state index in [0.29, 0.717) is 11.3 Å². The fourth-order valence-corrected chi connectivity index (χ4v) is 2.38. The molecule has 0 aliphatic rings. The standard InChI is InChI=1S/C16H15BrN2O/c1-20-16-8-13(5-6-14(16)9-18)11-19-10-12-3-2-4-15(17)7-12/h2-8,19H,10-11H2,1H3. The lowest BCUT2D eigenvalue weighted by Crippen LogP contribution is -2.12. The normalized spacial score (nSPS) is 10.1. The smallest absolute Gasteiger partial charge is 0.136 e. The number of nitrogens with one attached hydrogen (secondary N) is 1. The van der Waals surface area contributed by atoms with Gasteiger partial charge in [0.1, 0.15) is 11.8 Å². The van der Waals surface area contributed by atoms with Crippen molar-refractivity contribution in [3.05, 3.63) is 63.6 Å². The van der Waals surface area contributed by atoms with Gasteiger partial charge in [-0.05, 0) is 35.4 Å². The lowest BCUT2D eigenvalue weighted by Gasteiger charge is -2.08. The van der Waals surface area contributed by atoms with Crippen LogP contribution in [0.3, 0.4) is 0 Å². The average Bonchev–Trinajstić information content (AvgIpc) is 2.47. The van der Waals surface area contributed by atoms with Crippen molar-refractivity contribution in [1.82, 2.24) is 5.32 Å². The number of ether oxygens (including phenoxy) is 1. The molecule has 3 nitrogen and oxygen atoms in total. The molecule has 0 bridgehead atoms. The van der Waals surface area contributed by atoms with Crippen LogP contribution in [0.2, 0.25) is 0 Å². The number of nitriles is 1. The van der Waals surface area contributed by atoms with Crippen molar-refractivity contribution in [2.45, 2.75) is 13.1 Å². The van der Waals surface area contributed by atoms with Gasteiger partial charge in [0, 0.05) is 17.6 Å². The molecule has 0 atom stereocenters. The van der Waals surface area contributed by atoms with Crippen molar-refractivity contribution in [2.24, 2.45) is 0 Å². The highest BCUT2D eigenvalue weighted by atomic mass is 79.9. The lowest BCUT2D eigenvalue weighted by molar-refractivity contribution is 0.412. The molecule has 0 unspecified atom stereocenters. The van der Waals surface area contributed by atoms with E-state index >= 15 is 0 Å². The molecule has 0 amide bonds. The monoisotopic (exact) mass is 330 g/mol. The van der Waals surface area contributed by atoms with Gasteiger partial charge in [-0.25, -0.2) is 0 Å². The molecule has 0 aliphatic heterocycles. The fourth-order valence-electron chi connectivity index (χ4n) is 1.94. The van der Waals surface area contributed by atoms with Crippen molar-refractivity contribution in [3.63, 3.8) is 0 Å². The molecule has 0 saturated heterocycles. The second kappa shape index (κ2) is 7.09. The van der Waals surface area contributed by atoms with Gasteiger partial charge >= 0.3 is 0 Å². The van der Waals surface area contributed by atoms with E-state index < -0.39 is 0 Å². The minimum atomic E-state index is 0.559. The quantitative estimate of drug-likeness (QED) is 0.910. The van der Waals surface area contributed by atoms with Gasteiger partial charge in [-0.15, -0.1) is 0 Å². The zero-order chi connectivity index (χ0) is 14.4. The van der Waals surface area contributed by atoms with Gasteiger partial charge in [0.2, 0.25) is 0 Å². The van der Waals surface area contributed by atoms with Gasteiger partial charge in [-0.3, -0.25) is 0 Å². The molecule has 1 N–H and O–H groups in total. The topological polar surface area (TPSA) is 45.0 Å². The summed E-state index contributed by atoms with van der Waals surface area (Å²) in [6.45, 7) is 1.52. The number of methoxy groups -OCH3 is 1. The highest BCUT2D eigenvalue weighted by Crippen LogP contribution is 2.19. The number of rotatable bonds is 5. The Balaban J connectivity index is 1.96. The maximum absolute atomic E-state index is 8.94. The second-order valence-electron chi connectivity index (χ2n) is 4.38. The van der Waals surface area contributed by atoms with Crippen LogP contribution in [0.5, 0.6) is 5.75 Å². The summed E-state index contributed by atoms with van der Waals surface area (Å²) in [4.78, 5) is 0. The summed E-state index contributed by atoms with van der Waals surface area (Å²) in [5.41, 5.74) is 2.87. The van der Waals surface area contributed by atoms with Gasteiger partial charge in [0.25, 0.3) is 0 Å². The van der Waals surface area contributed by atoms with Crippen LogP contribution in [-0.4, -0.2) is 7.11 Å². The molecular weight excluding hydrogens is 316 g/mol. The summed E-state index contributed by atoms with van der Waals surface area (Å²) in [6, 6.07) is 15.9. The van der Waals surface area contributed by atoms with Gasteiger partial charge < -0.3 is 10.1 Å². The van der Waals surface area contributed by atoms with Gasteiger partial charge in [0.15, 0.2) is 0 Å². The van der Waals surface area contributed by atoms with E-state index in [9.17, 15) is 0 Å². The Bertz CT molecular complexity index is 635. The van der Waals surface area contributed by atoms with Crippen LogP contribution in [0.1, 0.15) is 16.7 Å². The third-order valence-corrected chi connectivity index (χ3v) is 3.43. The second-order valence-corrected chi connectivity index (χ2v) is 5.30. The molecule has 4 heteroatoms. The van der Waals surface area contributed by atoms with Gasteiger partial charge in [-0.2, -0.15) is 5.26 Å². The number of nitrogens with zero attached hydrogens (tertiary/aromatic N) is 1. The number of halogens is 1. The molecule has 0 spiro atoms. The van der Waals surface area contributed by atoms with Crippen LogP contribution < -0.4 is 10.1 Å². The van der Waals surface area contributed by atoms with Crippen LogP contribution in [0.15, 0.2) is 46.9 Å². The van der Waals surface area contributed by atoms with E-state index in [1.807, 2.05) is 24.3 Å². The van der Waals surface area contributed by atoms with Crippen molar-refractivity contribution in [3.8, 4) is 11.8 Å². The Morgan fingerprint density at radius 2 is 1.90 bits per heavy atom. The number of benzene rings is 2. The number of hydrogen-bond donors (Lipinski definition) is 1. The summed E-state index contributed by atoms with van der Waals surface area (Å²) in [7, 11) is 1.58. The molecule has 0 heterocycles. The first-order valence-corrected chi connectivity index (χ1v) is 7.04. The Morgan fingerprint density at radius 3 is 2.55 bits per heavy atom. The lowest BCUT2D eigenvalue weighted by atomic mass is 10.1. The largest absolute Gasteiger partial charge is 0.495 e. The van der Waals surface area contributed by atoms with E-state index in [0.717, 1.165) is 23.1 Å². The molecule has 2 rings (SSSR count). The van der Waals surface area contributed by atoms with Crippen LogP contribution in [0.25, 0.3) is 0 Å².